The van der Waals surface area contributed by atoms with Crippen molar-refractivity contribution in [1.29, 1.82) is 0 Å². The maximum atomic E-state index is 13.7. The van der Waals surface area contributed by atoms with Crippen LogP contribution in [-0.2, 0) is 10.0 Å². The zero-order valence-corrected chi connectivity index (χ0v) is 12.9. The van der Waals surface area contributed by atoms with E-state index in [1.54, 1.807) is 12.3 Å². The topological polar surface area (TPSA) is 62.3 Å². The quantitative estimate of drug-likeness (QED) is 0.924. The molecule has 122 valence electrons. The Kier molecular flexibility index (Phi) is 4.27. The highest BCUT2D eigenvalue weighted by molar-refractivity contribution is 7.89. The highest BCUT2D eigenvalue weighted by atomic mass is 32.2. The summed E-state index contributed by atoms with van der Waals surface area (Å²) in [5, 5.41) is 0. The van der Waals surface area contributed by atoms with Gasteiger partial charge in [-0.25, -0.2) is 26.9 Å². The van der Waals surface area contributed by atoms with Gasteiger partial charge >= 0.3 is 0 Å². The molecule has 1 aliphatic rings. The number of rotatable bonds is 4. The summed E-state index contributed by atoms with van der Waals surface area (Å²) in [7, 11) is -4.11. The molecule has 0 bridgehead atoms. The van der Waals surface area contributed by atoms with Crippen molar-refractivity contribution in [2.75, 3.05) is 18.0 Å². The Bertz CT molecular complexity index is 800. The van der Waals surface area contributed by atoms with Crippen molar-refractivity contribution in [3.8, 4) is 0 Å². The summed E-state index contributed by atoms with van der Waals surface area (Å²) in [6.45, 7) is 1.06. The third-order valence-corrected chi connectivity index (χ3v) is 5.23. The lowest BCUT2D eigenvalue weighted by Gasteiger charge is -2.18. The van der Waals surface area contributed by atoms with E-state index in [9.17, 15) is 17.2 Å². The molecule has 0 saturated carbocycles. The number of hydrogen-bond donors (Lipinski definition) is 1. The monoisotopic (exact) mass is 339 g/mol. The molecular formula is C15H15F2N3O2S. The van der Waals surface area contributed by atoms with Gasteiger partial charge in [-0.05, 0) is 30.7 Å². The number of anilines is 1. The second-order valence-corrected chi connectivity index (χ2v) is 6.98. The predicted molar refractivity (Wildman–Crippen MR) is 81.5 cm³/mol. The highest BCUT2D eigenvalue weighted by Gasteiger charge is 2.29. The van der Waals surface area contributed by atoms with Crippen LogP contribution in [0.4, 0.5) is 14.6 Å². The molecule has 1 saturated heterocycles. The second-order valence-electron chi connectivity index (χ2n) is 5.29. The maximum absolute atomic E-state index is 13.7. The predicted octanol–water partition coefficient (Wildman–Crippen LogP) is 1.92. The smallest absolute Gasteiger partial charge is 0.243 e. The minimum Gasteiger partial charge on any atom is -0.355 e. The zero-order chi connectivity index (χ0) is 16.4. The first-order valence-corrected chi connectivity index (χ1v) is 8.58. The summed E-state index contributed by atoms with van der Waals surface area (Å²) in [6.07, 6.45) is 2.22. The van der Waals surface area contributed by atoms with Crippen LogP contribution >= 0.6 is 0 Å². The molecule has 5 nitrogen and oxygen atoms in total. The van der Waals surface area contributed by atoms with Gasteiger partial charge in [0.15, 0.2) is 11.6 Å². The molecule has 1 N–H and O–H groups in total. The van der Waals surface area contributed by atoms with Gasteiger partial charge in [0.05, 0.1) is 0 Å². The first kappa shape index (κ1) is 15.8. The van der Waals surface area contributed by atoms with Gasteiger partial charge in [0.25, 0.3) is 0 Å². The molecule has 0 spiro atoms. The first-order valence-electron chi connectivity index (χ1n) is 7.10. The summed E-state index contributed by atoms with van der Waals surface area (Å²) in [5.74, 6) is -1.79. The third-order valence-electron chi connectivity index (χ3n) is 3.69. The summed E-state index contributed by atoms with van der Waals surface area (Å²) in [5.41, 5.74) is 0. The number of nitrogens with zero attached hydrogens (tertiary/aromatic N) is 2. The molecule has 1 aromatic carbocycles. The molecule has 1 fully saturated rings. The summed E-state index contributed by atoms with van der Waals surface area (Å²) in [6, 6.07) is 8.20. The molecule has 3 rings (SSSR count). The number of hydrogen-bond acceptors (Lipinski definition) is 4. The van der Waals surface area contributed by atoms with Crippen LogP contribution in [0, 0.1) is 11.6 Å². The fourth-order valence-electron chi connectivity index (χ4n) is 2.58. The lowest BCUT2D eigenvalue weighted by molar-refractivity contribution is 0.481. The Morgan fingerprint density at radius 1 is 1.17 bits per heavy atom. The van der Waals surface area contributed by atoms with Crippen LogP contribution in [-0.4, -0.2) is 32.5 Å². The van der Waals surface area contributed by atoms with Crippen LogP contribution in [0.15, 0.2) is 47.5 Å². The van der Waals surface area contributed by atoms with Crippen LogP contribution in [0.2, 0.25) is 0 Å². The molecule has 2 aromatic rings. The number of pyridine rings is 1. The van der Waals surface area contributed by atoms with E-state index in [-0.39, 0.29) is 6.04 Å². The van der Waals surface area contributed by atoms with Gasteiger partial charge in [-0.15, -0.1) is 0 Å². The lowest BCUT2D eigenvalue weighted by atomic mass is 10.3. The van der Waals surface area contributed by atoms with E-state index >= 15 is 0 Å². The van der Waals surface area contributed by atoms with Gasteiger partial charge < -0.3 is 4.90 Å². The number of sulfonamides is 1. The van der Waals surface area contributed by atoms with E-state index in [0.29, 0.717) is 19.5 Å². The molecule has 0 amide bonds. The molecular weight excluding hydrogens is 324 g/mol. The van der Waals surface area contributed by atoms with Crippen molar-refractivity contribution >= 4 is 15.8 Å². The van der Waals surface area contributed by atoms with Gasteiger partial charge in [0, 0.05) is 25.3 Å². The standard InChI is InChI=1S/C15H15F2N3O2S/c16-12-4-3-5-13(15(12)17)23(21,22)19-11-7-9-20(10-11)14-6-1-2-8-18-14/h1-6,8,11,19H,7,9-10H2/t11-/m1/s1. The summed E-state index contributed by atoms with van der Waals surface area (Å²) < 4.78 is 53.9. The molecule has 2 heterocycles. The molecule has 1 atom stereocenters. The summed E-state index contributed by atoms with van der Waals surface area (Å²) in [4.78, 5) is 5.48. The van der Waals surface area contributed by atoms with Gasteiger partial charge in [-0.3, -0.25) is 0 Å². The number of benzene rings is 1. The zero-order valence-electron chi connectivity index (χ0n) is 12.1. The normalized spacial score (nSPS) is 18.3. The average Bonchev–Trinajstić information content (AvgIpc) is 2.98. The number of nitrogens with one attached hydrogen (secondary N) is 1. The third kappa shape index (κ3) is 3.32. The molecule has 8 heteroatoms. The average molecular weight is 339 g/mol. The second kappa shape index (κ2) is 6.21. The molecule has 1 aromatic heterocycles. The molecule has 0 radical (unpaired) electrons. The van der Waals surface area contributed by atoms with E-state index in [0.717, 1.165) is 18.0 Å². The molecule has 1 aliphatic heterocycles. The van der Waals surface area contributed by atoms with Crippen molar-refractivity contribution in [2.45, 2.75) is 17.4 Å². The van der Waals surface area contributed by atoms with Crippen molar-refractivity contribution in [3.05, 3.63) is 54.2 Å². The van der Waals surface area contributed by atoms with Crippen molar-refractivity contribution in [1.82, 2.24) is 9.71 Å². The SMILES string of the molecule is O=S(=O)(N[C@@H]1CCN(c2ccccn2)C1)c1cccc(F)c1F. The van der Waals surface area contributed by atoms with E-state index in [4.69, 9.17) is 0 Å². The maximum Gasteiger partial charge on any atom is 0.243 e. The Balaban J connectivity index is 1.74. The fourth-order valence-corrected chi connectivity index (χ4v) is 3.93. The van der Waals surface area contributed by atoms with Crippen LogP contribution in [0.1, 0.15) is 6.42 Å². The van der Waals surface area contributed by atoms with Gasteiger partial charge in [0.1, 0.15) is 10.7 Å². The largest absolute Gasteiger partial charge is 0.355 e. The lowest BCUT2D eigenvalue weighted by Crippen LogP contribution is -2.37. The first-order chi connectivity index (χ1) is 11.0. The number of halogens is 2. The van der Waals surface area contributed by atoms with Crippen LogP contribution < -0.4 is 9.62 Å². The minimum absolute atomic E-state index is 0.385. The van der Waals surface area contributed by atoms with Gasteiger partial charge in [0.2, 0.25) is 10.0 Å². The van der Waals surface area contributed by atoms with E-state index in [2.05, 4.69) is 9.71 Å². The van der Waals surface area contributed by atoms with Crippen molar-refractivity contribution in [3.63, 3.8) is 0 Å². The Morgan fingerprint density at radius 2 is 2.00 bits per heavy atom. The molecule has 0 aliphatic carbocycles. The van der Waals surface area contributed by atoms with Gasteiger partial charge in [-0.2, -0.15) is 0 Å². The minimum atomic E-state index is -4.11. The Hall–Kier alpha value is -2.06. The Labute approximate surface area is 133 Å². The van der Waals surface area contributed by atoms with Gasteiger partial charge in [-0.1, -0.05) is 12.1 Å². The fraction of sp³-hybridized carbons (Fsp3) is 0.267. The van der Waals surface area contributed by atoms with Crippen LogP contribution in [0.3, 0.4) is 0 Å². The van der Waals surface area contributed by atoms with Crippen molar-refractivity contribution in [2.24, 2.45) is 0 Å². The van der Waals surface area contributed by atoms with E-state index in [1.807, 2.05) is 17.0 Å². The van der Waals surface area contributed by atoms with Crippen LogP contribution in [0.5, 0.6) is 0 Å². The number of aromatic nitrogens is 1. The van der Waals surface area contributed by atoms with Crippen LogP contribution in [0.25, 0.3) is 0 Å². The van der Waals surface area contributed by atoms with E-state index in [1.165, 1.54) is 6.07 Å². The molecule has 0 unspecified atom stereocenters. The van der Waals surface area contributed by atoms with Crippen molar-refractivity contribution < 1.29 is 17.2 Å². The molecule has 23 heavy (non-hydrogen) atoms. The highest BCUT2D eigenvalue weighted by Crippen LogP contribution is 2.21. The Morgan fingerprint density at radius 3 is 2.74 bits per heavy atom. The van der Waals surface area contributed by atoms with E-state index < -0.39 is 26.6 Å². The summed E-state index contributed by atoms with van der Waals surface area (Å²) >= 11 is 0.